The first kappa shape index (κ1) is 16.3. The maximum absolute atomic E-state index is 11.7. The van der Waals surface area contributed by atoms with E-state index < -0.39 is 11.5 Å². The highest BCUT2D eigenvalue weighted by Crippen LogP contribution is 2.28. The van der Waals surface area contributed by atoms with Gasteiger partial charge in [0.1, 0.15) is 12.1 Å². The van der Waals surface area contributed by atoms with Crippen LogP contribution in [-0.2, 0) is 16.0 Å². The molecule has 0 aliphatic carbocycles. The van der Waals surface area contributed by atoms with E-state index in [1.165, 1.54) is 0 Å². The molecule has 0 saturated carbocycles. The number of benzene rings is 1. The SMILES string of the molecule is CCOC(=O)C(C)(N)COc1ccc(CC)cc1OC. The van der Waals surface area contributed by atoms with Gasteiger partial charge in [0.25, 0.3) is 0 Å². The number of ether oxygens (including phenoxy) is 3. The van der Waals surface area contributed by atoms with Gasteiger partial charge < -0.3 is 19.9 Å². The topological polar surface area (TPSA) is 70.8 Å². The Morgan fingerprint density at radius 1 is 1.30 bits per heavy atom. The van der Waals surface area contributed by atoms with Gasteiger partial charge in [0.05, 0.1) is 13.7 Å². The van der Waals surface area contributed by atoms with Crippen molar-refractivity contribution in [1.82, 2.24) is 0 Å². The second kappa shape index (κ2) is 7.14. The van der Waals surface area contributed by atoms with Crippen molar-refractivity contribution in [3.8, 4) is 11.5 Å². The lowest BCUT2D eigenvalue weighted by Gasteiger charge is -2.23. The van der Waals surface area contributed by atoms with Crippen molar-refractivity contribution in [2.45, 2.75) is 32.7 Å². The quantitative estimate of drug-likeness (QED) is 0.773. The Hall–Kier alpha value is -1.75. The molecule has 1 aromatic carbocycles. The largest absolute Gasteiger partial charge is 0.493 e. The van der Waals surface area contributed by atoms with Crippen LogP contribution in [0.4, 0.5) is 0 Å². The van der Waals surface area contributed by atoms with Gasteiger partial charge in [-0.15, -0.1) is 0 Å². The smallest absolute Gasteiger partial charge is 0.329 e. The summed E-state index contributed by atoms with van der Waals surface area (Å²) in [4.78, 5) is 11.7. The summed E-state index contributed by atoms with van der Waals surface area (Å²) in [6.45, 7) is 5.69. The van der Waals surface area contributed by atoms with E-state index >= 15 is 0 Å². The minimum absolute atomic E-state index is 0.0215. The monoisotopic (exact) mass is 281 g/mol. The van der Waals surface area contributed by atoms with Gasteiger partial charge in [0.15, 0.2) is 11.5 Å². The van der Waals surface area contributed by atoms with Crippen LogP contribution < -0.4 is 15.2 Å². The average Bonchev–Trinajstić information content (AvgIpc) is 2.45. The zero-order valence-corrected chi connectivity index (χ0v) is 12.6. The maximum atomic E-state index is 11.7. The number of hydrogen-bond acceptors (Lipinski definition) is 5. The molecule has 0 aromatic heterocycles. The third-order valence-electron chi connectivity index (χ3n) is 2.91. The summed E-state index contributed by atoms with van der Waals surface area (Å²) in [5, 5.41) is 0. The maximum Gasteiger partial charge on any atom is 0.329 e. The second-order valence-corrected chi connectivity index (χ2v) is 4.77. The van der Waals surface area contributed by atoms with Gasteiger partial charge in [-0.1, -0.05) is 13.0 Å². The summed E-state index contributed by atoms with van der Waals surface area (Å²) >= 11 is 0. The predicted octanol–water partition coefficient (Wildman–Crippen LogP) is 1.92. The summed E-state index contributed by atoms with van der Waals surface area (Å²) in [7, 11) is 1.58. The van der Waals surface area contributed by atoms with Crippen LogP contribution >= 0.6 is 0 Å². The summed E-state index contributed by atoms with van der Waals surface area (Å²) in [5.74, 6) is 0.707. The van der Waals surface area contributed by atoms with Gasteiger partial charge in [0, 0.05) is 0 Å². The predicted molar refractivity (Wildman–Crippen MR) is 77.1 cm³/mol. The van der Waals surface area contributed by atoms with Crippen molar-refractivity contribution in [3.63, 3.8) is 0 Å². The molecule has 1 atom stereocenters. The van der Waals surface area contributed by atoms with Crippen LogP contribution in [0.2, 0.25) is 0 Å². The van der Waals surface area contributed by atoms with Crippen LogP contribution in [0, 0.1) is 0 Å². The number of hydrogen-bond donors (Lipinski definition) is 1. The highest BCUT2D eigenvalue weighted by Gasteiger charge is 2.31. The van der Waals surface area contributed by atoms with Gasteiger partial charge in [0.2, 0.25) is 0 Å². The summed E-state index contributed by atoms with van der Waals surface area (Å²) < 4.78 is 15.8. The second-order valence-electron chi connectivity index (χ2n) is 4.77. The highest BCUT2D eigenvalue weighted by atomic mass is 16.5. The van der Waals surface area contributed by atoms with Crippen LogP contribution in [-0.4, -0.2) is 31.8 Å². The number of nitrogens with two attached hydrogens (primary N) is 1. The van der Waals surface area contributed by atoms with Crippen LogP contribution in [0.3, 0.4) is 0 Å². The molecule has 0 bridgehead atoms. The first-order valence-corrected chi connectivity index (χ1v) is 6.70. The van der Waals surface area contributed by atoms with E-state index in [1.54, 1.807) is 21.0 Å². The van der Waals surface area contributed by atoms with Gasteiger partial charge in [-0.05, 0) is 38.0 Å². The van der Waals surface area contributed by atoms with Crippen LogP contribution in [0.25, 0.3) is 0 Å². The third kappa shape index (κ3) is 4.13. The van der Waals surface area contributed by atoms with Crippen molar-refractivity contribution in [3.05, 3.63) is 23.8 Å². The summed E-state index contributed by atoms with van der Waals surface area (Å²) in [6.07, 6.45) is 0.911. The Balaban J connectivity index is 2.76. The van der Waals surface area contributed by atoms with E-state index in [2.05, 4.69) is 6.92 Å². The standard InChI is InChI=1S/C15H23NO4/c1-5-11-7-8-12(13(9-11)18-4)20-10-15(3,16)14(17)19-6-2/h7-9H,5-6,10,16H2,1-4H3. The molecular weight excluding hydrogens is 258 g/mol. The summed E-state index contributed by atoms with van der Waals surface area (Å²) in [6, 6.07) is 5.68. The molecule has 1 rings (SSSR count). The number of aryl methyl sites for hydroxylation is 1. The number of rotatable bonds is 7. The molecule has 5 heteroatoms. The number of esters is 1. The van der Waals surface area contributed by atoms with E-state index in [4.69, 9.17) is 19.9 Å². The van der Waals surface area contributed by atoms with Crippen LogP contribution in [0.15, 0.2) is 18.2 Å². The van der Waals surface area contributed by atoms with E-state index in [9.17, 15) is 4.79 Å². The summed E-state index contributed by atoms with van der Waals surface area (Å²) in [5.41, 5.74) is 5.86. The molecule has 0 radical (unpaired) electrons. The Kier molecular flexibility index (Phi) is 5.82. The van der Waals surface area contributed by atoms with Gasteiger partial charge in [-0.3, -0.25) is 0 Å². The van der Waals surface area contributed by atoms with Gasteiger partial charge in [-0.25, -0.2) is 4.79 Å². The number of methoxy groups -OCH3 is 1. The van der Waals surface area contributed by atoms with Crippen molar-refractivity contribution < 1.29 is 19.0 Å². The van der Waals surface area contributed by atoms with Crippen LogP contribution in [0.5, 0.6) is 11.5 Å². The van der Waals surface area contributed by atoms with E-state index in [0.717, 1.165) is 12.0 Å². The molecular formula is C15H23NO4. The molecule has 1 aromatic rings. The number of carbonyl (C=O) groups is 1. The molecule has 0 aliphatic heterocycles. The van der Waals surface area contributed by atoms with Crippen molar-refractivity contribution in [1.29, 1.82) is 0 Å². The molecule has 0 amide bonds. The molecule has 112 valence electrons. The molecule has 0 fully saturated rings. The highest BCUT2D eigenvalue weighted by molar-refractivity contribution is 5.80. The lowest BCUT2D eigenvalue weighted by atomic mass is 10.1. The van der Waals surface area contributed by atoms with Crippen molar-refractivity contribution >= 4 is 5.97 Å². The Morgan fingerprint density at radius 3 is 2.55 bits per heavy atom. The normalized spacial score (nSPS) is 13.4. The zero-order valence-electron chi connectivity index (χ0n) is 12.6. The van der Waals surface area contributed by atoms with E-state index in [0.29, 0.717) is 18.1 Å². The number of carbonyl (C=O) groups excluding carboxylic acids is 1. The van der Waals surface area contributed by atoms with Gasteiger partial charge in [-0.2, -0.15) is 0 Å². The van der Waals surface area contributed by atoms with E-state index in [1.807, 2.05) is 18.2 Å². The lowest BCUT2D eigenvalue weighted by molar-refractivity contribution is -0.150. The van der Waals surface area contributed by atoms with Crippen LogP contribution in [0.1, 0.15) is 26.3 Å². The fourth-order valence-electron chi connectivity index (χ4n) is 1.63. The lowest BCUT2D eigenvalue weighted by Crippen LogP contribution is -2.51. The Labute approximate surface area is 120 Å². The average molecular weight is 281 g/mol. The van der Waals surface area contributed by atoms with E-state index in [-0.39, 0.29) is 6.61 Å². The first-order chi connectivity index (χ1) is 9.44. The minimum Gasteiger partial charge on any atom is -0.493 e. The molecule has 0 spiro atoms. The fourth-order valence-corrected chi connectivity index (χ4v) is 1.63. The van der Waals surface area contributed by atoms with Crippen molar-refractivity contribution in [2.24, 2.45) is 5.73 Å². The first-order valence-electron chi connectivity index (χ1n) is 6.70. The molecule has 1 unspecified atom stereocenters. The minimum atomic E-state index is -1.19. The molecule has 20 heavy (non-hydrogen) atoms. The van der Waals surface area contributed by atoms with Crippen molar-refractivity contribution in [2.75, 3.05) is 20.3 Å². The molecule has 0 saturated heterocycles. The molecule has 0 aliphatic rings. The Bertz CT molecular complexity index is 457. The fraction of sp³-hybridized carbons (Fsp3) is 0.533. The molecule has 5 nitrogen and oxygen atoms in total. The zero-order chi connectivity index (χ0) is 15.2. The van der Waals surface area contributed by atoms with Gasteiger partial charge >= 0.3 is 5.97 Å². The molecule has 0 heterocycles. The third-order valence-corrected chi connectivity index (χ3v) is 2.91. The Morgan fingerprint density at radius 2 is 2.00 bits per heavy atom. The molecule has 2 N–H and O–H groups in total.